The number of nitrogens with one attached hydrogen (secondary N) is 2. The molecule has 0 unspecified atom stereocenters. The van der Waals surface area contributed by atoms with E-state index in [0.717, 1.165) is 21.5 Å². The van der Waals surface area contributed by atoms with Crippen LogP contribution in [-0.2, 0) is 9.47 Å². The van der Waals surface area contributed by atoms with Crippen molar-refractivity contribution in [1.82, 2.24) is 10.2 Å². The van der Waals surface area contributed by atoms with Crippen molar-refractivity contribution in [3.05, 3.63) is 17.5 Å². The molecule has 3 heterocycles. The highest BCUT2D eigenvalue weighted by atomic mass is 32.2. The standard InChI is InChI=1S/C12H14N4O3S3/c17-10(13-8-2-1-6-20-8)14-11-15-16-12(22-11)21-7-3-9-18-4-5-19-9/h1-2,6,9H,3-5,7H2,(H2,13,14,15,17). The van der Waals surface area contributed by atoms with Gasteiger partial charge < -0.3 is 9.47 Å². The largest absolute Gasteiger partial charge is 0.350 e. The molecule has 2 amide bonds. The fourth-order valence-electron chi connectivity index (χ4n) is 1.72. The lowest BCUT2D eigenvalue weighted by Gasteiger charge is -2.06. The number of anilines is 2. The minimum Gasteiger partial charge on any atom is -0.350 e. The second-order valence-electron chi connectivity index (χ2n) is 4.24. The molecule has 0 spiro atoms. The minimum atomic E-state index is -0.317. The van der Waals surface area contributed by atoms with E-state index in [2.05, 4.69) is 20.8 Å². The number of ether oxygens (including phenoxy) is 2. The van der Waals surface area contributed by atoms with Crippen LogP contribution in [0.1, 0.15) is 6.42 Å². The summed E-state index contributed by atoms with van der Waals surface area (Å²) >= 11 is 4.38. The van der Waals surface area contributed by atoms with E-state index in [4.69, 9.17) is 9.47 Å². The van der Waals surface area contributed by atoms with Crippen LogP contribution in [0.25, 0.3) is 0 Å². The van der Waals surface area contributed by atoms with Crippen LogP contribution < -0.4 is 10.6 Å². The lowest BCUT2D eigenvalue weighted by molar-refractivity contribution is -0.0421. The Balaban J connectivity index is 1.41. The number of urea groups is 1. The van der Waals surface area contributed by atoms with E-state index in [-0.39, 0.29) is 12.3 Å². The first-order chi connectivity index (χ1) is 10.8. The molecule has 0 bridgehead atoms. The average molecular weight is 358 g/mol. The van der Waals surface area contributed by atoms with Crippen LogP contribution in [0.4, 0.5) is 14.9 Å². The van der Waals surface area contributed by atoms with Crippen molar-refractivity contribution >= 4 is 50.6 Å². The summed E-state index contributed by atoms with van der Waals surface area (Å²) in [6.07, 6.45) is 0.709. The van der Waals surface area contributed by atoms with Crippen molar-refractivity contribution in [3.63, 3.8) is 0 Å². The van der Waals surface area contributed by atoms with Crippen molar-refractivity contribution in [1.29, 1.82) is 0 Å². The molecule has 22 heavy (non-hydrogen) atoms. The van der Waals surface area contributed by atoms with Gasteiger partial charge in [-0.05, 0) is 17.5 Å². The number of hydrogen-bond donors (Lipinski definition) is 2. The summed E-state index contributed by atoms with van der Waals surface area (Å²) in [6, 6.07) is 3.39. The molecule has 3 rings (SSSR count). The fraction of sp³-hybridized carbons (Fsp3) is 0.417. The van der Waals surface area contributed by atoms with Gasteiger partial charge in [-0.15, -0.1) is 21.5 Å². The van der Waals surface area contributed by atoms with Gasteiger partial charge in [-0.3, -0.25) is 10.6 Å². The molecule has 7 nitrogen and oxygen atoms in total. The van der Waals surface area contributed by atoms with E-state index in [1.54, 1.807) is 11.8 Å². The van der Waals surface area contributed by atoms with Crippen LogP contribution in [-0.4, -0.2) is 41.5 Å². The van der Waals surface area contributed by atoms with Crippen LogP contribution in [0.3, 0.4) is 0 Å². The maximum absolute atomic E-state index is 11.8. The number of carbonyl (C=O) groups is 1. The van der Waals surface area contributed by atoms with E-state index < -0.39 is 0 Å². The number of carbonyl (C=O) groups excluding carboxylic acids is 1. The molecule has 0 radical (unpaired) electrons. The van der Waals surface area contributed by atoms with Gasteiger partial charge in [-0.1, -0.05) is 23.1 Å². The normalized spacial score (nSPS) is 15.1. The topological polar surface area (TPSA) is 85.4 Å². The third kappa shape index (κ3) is 4.65. The molecule has 118 valence electrons. The summed E-state index contributed by atoms with van der Waals surface area (Å²) in [5, 5.41) is 16.5. The lowest BCUT2D eigenvalue weighted by atomic mass is 10.5. The Hall–Kier alpha value is -1.20. The molecule has 0 saturated carbocycles. The van der Waals surface area contributed by atoms with E-state index in [1.165, 1.54) is 22.7 Å². The number of amides is 2. The summed E-state index contributed by atoms with van der Waals surface area (Å²) < 4.78 is 11.5. The number of hydrogen-bond acceptors (Lipinski definition) is 8. The second kappa shape index (κ2) is 7.88. The zero-order valence-corrected chi connectivity index (χ0v) is 13.9. The summed E-state index contributed by atoms with van der Waals surface area (Å²) in [7, 11) is 0. The molecule has 10 heteroatoms. The van der Waals surface area contributed by atoms with Gasteiger partial charge in [0.15, 0.2) is 10.6 Å². The molecule has 0 aliphatic carbocycles. The van der Waals surface area contributed by atoms with Crippen LogP contribution >= 0.6 is 34.4 Å². The van der Waals surface area contributed by atoms with E-state index >= 15 is 0 Å². The number of nitrogens with zero attached hydrogens (tertiary/aromatic N) is 2. The van der Waals surface area contributed by atoms with Crippen molar-refractivity contribution in [2.24, 2.45) is 0 Å². The van der Waals surface area contributed by atoms with Crippen molar-refractivity contribution < 1.29 is 14.3 Å². The Bertz CT molecular complexity index is 599. The molecule has 1 aliphatic rings. The summed E-state index contributed by atoms with van der Waals surface area (Å²) in [4.78, 5) is 11.8. The van der Waals surface area contributed by atoms with Gasteiger partial charge in [0.1, 0.15) is 0 Å². The predicted octanol–water partition coefficient (Wildman–Crippen LogP) is 3.10. The van der Waals surface area contributed by atoms with Gasteiger partial charge in [0.2, 0.25) is 5.13 Å². The molecule has 2 aromatic rings. The van der Waals surface area contributed by atoms with Gasteiger partial charge in [-0.2, -0.15) is 0 Å². The molecule has 0 atom stereocenters. The Kier molecular flexibility index (Phi) is 5.62. The first kappa shape index (κ1) is 15.7. The van der Waals surface area contributed by atoms with E-state index in [0.29, 0.717) is 18.3 Å². The van der Waals surface area contributed by atoms with Crippen LogP contribution in [0.5, 0.6) is 0 Å². The van der Waals surface area contributed by atoms with Gasteiger partial charge in [0.25, 0.3) is 0 Å². The molecule has 1 fully saturated rings. The van der Waals surface area contributed by atoms with Crippen LogP contribution in [0, 0.1) is 0 Å². The summed E-state index contributed by atoms with van der Waals surface area (Å²) in [5.41, 5.74) is 0. The number of aromatic nitrogens is 2. The van der Waals surface area contributed by atoms with E-state index in [1.807, 2.05) is 17.5 Å². The van der Waals surface area contributed by atoms with Crippen molar-refractivity contribution in [3.8, 4) is 0 Å². The molecule has 0 aromatic carbocycles. The zero-order chi connectivity index (χ0) is 15.2. The van der Waals surface area contributed by atoms with Gasteiger partial charge >= 0.3 is 6.03 Å². The SMILES string of the molecule is O=C(Nc1cccs1)Nc1nnc(SCCC2OCCO2)s1. The lowest BCUT2D eigenvalue weighted by Crippen LogP contribution is -2.18. The smallest absolute Gasteiger partial charge is 0.326 e. The maximum atomic E-state index is 11.8. The van der Waals surface area contributed by atoms with Crippen LogP contribution in [0.15, 0.2) is 21.9 Å². The predicted molar refractivity (Wildman–Crippen MR) is 87.9 cm³/mol. The van der Waals surface area contributed by atoms with Gasteiger partial charge in [0, 0.05) is 12.2 Å². The molecular weight excluding hydrogens is 344 g/mol. The molecular formula is C12H14N4O3S3. The molecule has 2 aromatic heterocycles. The van der Waals surface area contributed by atoms with Crippen molar-refractivity contribution in [2.75, 3.05) is 29.6 Å². The van der Waals surface area contributed by atoms with E-state index in [9.17, 15) is 4.79 Å². The zero-order valence-electron chi connectivity index (χ0n) is 11.5. The highest BCUT2D eigenvalue weighted by Gasteiger charge is 2.16. The number of thiophene rings is 1. The quantitative estimate of drug-likeness (QED) is 0.610. The molecule has 2 N–H and O–H groups in total. The Morgan fingerprint density at radius 1 is 1.36 bits per heavy atom. The molecule has 1 aliphatic heterocycles. The number of thioether (sulfide) groups is 1. The highest BCUT2D eigenvalue weighted by molar-refractivity contribution is 8.01. The first-order valence-electron chi connectivity index (χ1n) is 6.60. The van der Waals surface area contributed by atoms with Crippen LogP contribution in [0.2, 0.25) is 0 Å². The summed E-state index contributed by atoms with van der Waals surface area (Å²) in [6.45, 7) is 1.34. The third-order valence-corrected chi connectivity index (χ3v) is 5.45. The Labute approximate surface area is 139 Å². The summed E-state index contributed by atoms with van der Waals surface area (Å²) in [5.74, 6) is 0.834. The number of rotatable bonds is 6. The Morgan fingerprint density at radius 3 is 3.00 bits per heavy atom. The van der Waals surface area contributed by atoms with Crippen molar-refractivity contribution in [2.45, 2.75) is 17.1 Å². The highest BCUT2D eigenvalue weighted by Crippen LogP contribution is 2.27. The minimum absolute atomic E-state index is 0.102. The maximum Gasteiger partial charge on any atom is 0.326 e. The van der Waals surface area contributed by atoms with Gasteiger partial charge in [0.05, 0.1) is 18.2 Å². The Morgan fingerprint density at radius 2 is 2.23 bits per heavy atom. The average Bonchev–Trinajstić information content (AvgIpc) is 3.21. The van der Waals surface area contributed by atoms with Gasteiger partial charge in [-0.25, -0.2) is 4.79 Å². The monoisotopic (exact) mass is 358 g/mol. The third-order valence-electron chi connectivity index (χ3n) is 2.65. The molecule has 1 saturated heterocycles. The first-order valence-corrected chi connectivity index (χ1v) is 9.29. The fourth-order valence-corrected chi connectivity index (χ4v) is 4.12. The second-order valence-corrected chi connectivity index (χ2v) is 7.51.